The maximum absolute atomic E-state index is 5.88. The molecule has 3 nitrogen and oxygen atoms in total. The number of piperidine rings is 1. The van der Waals surface area contributed by atoms with Gasteiger partial charge in [-0.1, -0.05) is 6.92 Å². The zero-order chi connectivity index (χ0) is 14.2. The fourth-order valence-corrected chi connectivity index (χ4v) is 3.54. The fourth-order valence-electron chi connectivity index (χ4n) is 2.66. The van der Waals surface area contributed by atoms with E-state index in [9.17, 15) is 0 Å². The van der Waals surface area contributed by atoms with Crippen molar-refractivity contribution in [2.24, 2.45) is 0 Å². The first-order valence-electron chi connectivity index (χ1n) is 7.87. The molecule has 0 spiro atoms. The highest BCUT2D eigenvalue weighted by Crippen LogP contribution is 2.15. The Morgan fingerprint density at radius 3 is 3.15 bits per heavy atom. The summed E-state index contributed by atoms with van der Waals surface area (Å²) in [5.41, 5.74) is 1.41. The summed E-state index contributed by atoms with van der Waals surface area (Å²) in [4.78, 5) is 4.01. The van der Waals surface area contributed by atoms with Crippen LogP contribution in [0.3, 0.4) is 0 Å². The van der Waals surface area contributed by atoms with E-state index >= 15 is 0 Å². The molecule has 0 radical (unpaired) electrons. The summed E-state index contributed by atoms with van der Waals surface area (Å²) in [6.07, 6.45) is 4.10. The number of nitrogens with zero attached hydrogens (tertiary/aromatic N) is 1. The van der Waals surface area contributed by atoms with Crippen molar-refractivity contribution in [2.45, 2.75) is 45.8 Å². The SMILES string of the molecule is CCCOC1CCCN(CCNCc2sccc2C)C1. The van der Waals surface area contributed by atoms with Crippen molar-refractivity contribution < 1.29 is 4.74 Å². The second kappa shape index (κ2) is 8.78. The Morgan fingerprint density at radius 2 is 2.40 bits per heavy atom. The van der Waals surface area contributed by atoms with Gasteiger partial charge in [0.2, 0.25) is 0 Å². The van der Waals surface area contributed by atoms with E-state index in [1.165, 1.54) is 29.8 Å². The van der Waals surface area contributed by atoms with Crippen LogP contribution in [0.15, 0.2) is 11.4 Å². The van der Waals surface area contributed by atoms with Crippen molar-refractivity contribution in [1.29, 1.82) is 0 Å². The van der Waals surface area contributed by atoms with Crippen molar-refractivity contribution in [3.05, 3.63) is 21.9 Å². The first-order chi connectivity index (χ1) is 9.79. The van der Waals surface area contributed by atoms with E-state index in [1.54, 1.807) is 0 Å². The van der Waals surface area contributed by atoms with Gasteiger partial charge in [-0.15, -0.1) is 11.3 Å². The number of ether oxygens (including phenoxy) is 1. The smallest absolute Gasteiger partial charge is 0.0702 e. The minimum absolute atomic E-state index is 0.461. The van der Waals surface area contributed by atoms with Gasteiger partial charge >= 0.3 is 0 Å². The van der Waals surface area contributed by atoms with Crippen LogP contribution < -0.4 is 5.32 Å². The van der Waals surface area contributed by atoms with Gasteiger partial charge in [0, 0.05) is 37.7 Å². The Bertz CT molecular complexity index is 380. The third-order valence-corrected chi connectivity index (χ3v) is 4.90. The predicted octanol–water partition coefficient (Wildman–Crippen LogP) is 3.04. The summed E-state index contributed by atoms with van der Waals surface area (Å²) in [6.45, 7) is 10.8. The van der Waals surface area contributed by atoms with Gasteiger partial charge in [0.15, 0.2) is 0 Å². The lowest BCUT2D eigenvalue weighted by Gasteiger charge is -2.32. The molecule has 1 aromatic heterocycles. The molecule has 4 heteroatoms. The molecule has 0 bridgehead atoms. The molecule has 0 saturated carbocycles. The van der Waals surface area contributed by atoms with Crippen LogP contribution in [-0.2, 0) is 11.3 Å². The molecule has 1 saturated heterocycles. The molecule has 2 heterocycles. The van der Waals surface area contributed by atoms with Crippen LogP contribution in [0.2, 0.25) is 0 Å². The molecule has 1 aliphatic heterocycles. The molecule has 0 amide bonds. The molecular formula is C16H28N2OS. The number of aryl methyl sites for hydroxylation is 1. The molecular weight excluding hydrogens is 268 g/mol. The van der Waals surface area contributed by atoms with Crippen molar-refractivity contribution >= 4 is 11.3 Å². The van der Waals surface area contributed by atoms with E-state index in [4.69, 9.17) is 4.74 Å². The normalized spacial score (nSPS) is 20.4. The summed E-state index contributed by atoms with van der Waals surface area (Å²) in [7, 11) is 0. The van der Waals surface area contributed by atoms with Crippen LogP contribution in [0, 0.1) is 6.92 Å². The lowest BCUT2D eigenvalue weighted by molar-refractivity contribution is 0.000356. The van der Waals surface area contributed by atoms with Gasteiger partial charge in [-0.3, -0.25) is 4.90 Å². The molecule has 2 rings (SSSR count). The molecule has 1 N–H and O–H groups in total. The molecule has 114 valence electrons. The number of rotatable bonds is 8. The first kappa shape index (κ1) is 16.0. The molecule has 1 aromatic rings. The summed E-state index contributed by atoms with van der Waals surface area (Å²) < 4.78 is 5.88. The van der Waals surface area contributed by atoms with Gasteiger partial charge in [0.05, 0.1) is 6.10 Å². The third kappa shape index (κ3) is 5.17. The van der Waals surface area contributed by atoms with Crippen LogP contribution >= 0.6 is 11.3 Å². The molecule has 1 fully saturated rings. The standard InChI is InChI=1S/C16H28N2OS/c1-3-10-19-15-5-4-8-18(13-15)9-7-17-12-16-14(2)6-11-20-16/h6,11,15,17H,3-5,7-10,12-13H2,1-2H3. The van der Waals surface area contributed by atoms with E-state index in [-0.39, 0.29) is 0 Å². The molecule has 0 aromatic carbocycles. The fraction of sp³-hybridized carbons (Fsp3) is 0.750. The van der Waals surface area contributed by atoms with E-state index in [0.29, 0.717) is 6.10 Å². The Morgan fingerprint density at radius 1 is 1.50 bits per heavy atom. The van der Waals surface area contributed by atoms with Gasteiger partial charge in [0.1, 0.15) is 0 Å². The number of nitrogens with one attached hydrogen (secondary N) is 1. The van der Waals surface area contributed by atoms with Crippen LogP contribution in [-0.4, -0.2) is 43.8 Å². The summed E-state index contributed by atoms with van der Waals surface area (Å²) >= 11 is 1.85. The number of hydrogen-bond acceptors (Lipinski definition) is 4. The van der Waals surface area contributed by atoms with Gasteiger partial charge in [0.25, 0.3) is 0 Å². The lowest BCUT2D eigenvalue weighted by Crippen LogP contribution is -2.42. The minimum atomic E-state index is 0.461. The number of hydrogen-bond donors (Lipinski definition) is 1. The largest absolute Gasteiger partial charge is 0.377 e. The van der Waals surface area contributed by atoms with Gasteiger partial charge in [-0.25, -0.2) is 0 Å². The van der Waals surface area contributed by atoms with Gasteiger partial charge < -0.3 is 10.1 Å². The highest BCUT2D eigenvalue weighted by molar-refractivity contribution is 7.10. The lowest BCUT2D eigenvalue weighted by atomic mass is 10.1. The topological polar surface area (TPSA) is 24.5 Å². The molecule has 1 unspecified atom stereocenters. The Balaban J connectivity index is 1.60. The first-order valence-corrected chi connectivity index (χ1v) is 8.75. The molecule has 20 heavy (non-hydrogen) atoms. The highest BCUT2D eigenvalue weighted by Gasteiger charge is 2.19. The predicted molar refractivity (Wildman–Crippen MR) is 86.5 cm³/mol. The average molecular weight is 296 g/mol. The third-order valence-electron chi connectivity index (χ3n) is 3.88. The van der Waals surface area contributed by atoms with Crippen LogP contribution in [0.5, 0.6) is 0 Å². The van der Waals surface area contributed by atoms with Crippen molar-refractivity contribution in [3.63, 3.8) is 0 Å². The second-order valence-corrected chi connectivity index (χ2v) is 6.64. The summed E-state index contributed by atoms with van der Waals surface area (Å²) in [5.74, 6) is 0. The second-order valence-electron chi connectivity index (χ2n) is 5.64. The zero-order valence-corrected chi connectivity index (χ0v) is 13.7. The monoisotopic (exact) mass is 296 g/mol. The summed E-state index contributed by atoms with van der Waals surface area (Å²) in [5, 5.41) is 5.74. The quantitative estimate of drug-likeness (QED) is 0.746. The van der Waals surface area contributed by atoms with E-state index in [0.717, 1.165) is 39.2 Å². The van der Waals surface area contributed by atoms with Crippen LogP contribution in [0.25, 0.3) is 0 Å². The van der Waals surface area contributed by atoms with Crippen molar-refractivity contribution in [2.75, 3.05) is 32.8 Å². The molecule has 1 aliphatic rings. The minimum Gasteiger partial charge on any atom is -0.377 e. The number of likely N-dealkylation sites (tertiary alicyclic amines) is 1. The van der Waals surface area contributed by atoms with Crippen LogP contribution in [0.4, 0.5) is 0 Å². The van der Waals surface area contributed by atoms with Crippen molar-refractivity contribution in [3.8, 4) is 0 Å². The van der Waals surface area contributed by atoms with E-state index in [2.05, 4.69) is 35.5 Å². The number of thiophene rings is 1. The summed E-state index contributed by atoms with van der Waals surface area (Å²) in [6, 6.07) is 2.20. The maximum atomic E-state index is 5.88. The Kier molecular flexibility index (Phi) is 7.00. The van der Waals surface area contributed by atoms with Gasteiger partial charge in [-0.2, -0.15) is 0 Å². The molecule has 1 atom stereocenters. The van der Waals surface area contributed by atoms with Crippen LogP contribution in [0.1, 0.15) is 36.6 Å². The van der Waals surface area contributed by atoms with Gasteiger partial charge in [-0.05, 0) is 49.7 Å². The Labute approximate surface area is 127 Å². The Hall–Kier alpha value is -0.420. The maximum Gasteiger partial charge on any atom is 0.0702 e. The molecule has 0 aliphatic carbocycles. The zero-order valence-electron chi connectivity index (χ0n) is 12.9. The van der Waals surface area contributed by atoms with E-state index in [1.807, 2.05) is 11.3 Å². The van der Waals surface area contributed by atoms with Crippen molar-refractivity contribution in [1.82, 2.24) is 10.2 Å². The highest BCUT2D eigenvalue weighted by atomic mass is 32.1. The average Bonchev–Trinajstić information content (AvgIpc) is 2.87. The van der Waals surface area contributed by atoms with E-state index < -0.39 is 0 Å².